The van der Waals surface area contributed by atoms with Crippen molar-refractivity contribution in [3.05, 3.63) is 16.4 Å². The van der Waals surface area contributed by atoms with Gasteiger partial charge in [0, 0.05) is 5.41 Å². The molecular formula is C8H11BrN2O3. The number of nitrogens with one attached hydrogen (secondary N) is 1. The average molecular weight is 263 g/mol. The maximum atomic E-state index is 10.7. The fraction of sp³-hybridized carbons (Fsp3) is 0.500. The maximum absolute atomic E-state index is 10.7. The van der Waals surface area contributed by atoms with Crippen LogP contribution in [0, 0.1) is 0 Å². The number of aromatic amines is 1. The lowest BCUT2D eigenvalue weighted by Crippen LogP contribution is -2.40. The zero-order valence-electron chi connectivity index (χ0n) is 7.78. The van der Waals surface area contributed by atoms with Crippen molar-refractivity contribution in [3.8, 4) is 0 Å². The standard InChI is InChI=1S/C8H11BrN2O3/c1-8(2,6(12)7(13)14)5-4(9)3-10-11-5/h3,6,12H,1-2H3,(H,10,11)(H,13,14). The molecule has 0 fully saturated rings. The molecule has 0 aliphatic rings. The van der Waals surface area contributed by atoms with Gasteiger partial charge in [-0.2, -0.15) is 5.10 Å². The number of aliphatic hydroxyl groups is 1. The van der Waals surface area contributed by atoms with Crippen LogP contribution in [-0.4, -0.2) is 32.5 Å². The van der Waals surface area contributed by atoms with Crippen molar-refractivity contribution in [2.75, 3.05) is 0 Å². The molecule has 5 nitrogen and oxygen atoms in total. The lowest BCUT2D eigenvalue weighted by molar-refractivity contribution is -0.150. The molecule has 0 saturated carbocycles. The van der Waals surface area contributed by atoms with Gasteiger partial charge < -0.3 is 10.2 Å². The van der Waals surface area contributed by atoms with Crippen molar-refractivity contribution in [2.45, 2.75) is 25.4 Å². The molecule has 0 aliphatic carbocycles. The van der Waals surface area contributed by atoms with Crippen molar-refractivity contribution in [2.24, 2.45) is 0 Å². The van der Waals surface area contributed by atoms with Crippen LogP contribution in [-0.2, 0) is 10.2 Å². The lowest BCUT2D eigenvalue weighted by Gasteiger charge is -2.26. The van der Waals surface area contributed by atoms with Crippen LogP contribution in [0.4, 0.5) is 0 Å². The van der Waals surface area contributed by atoms with E-state index in [2.05, 4.69) is 26.1 Å². The summed E-state index contributed by atoms with van der Waals surface area (Å²) in [4.78, 5) is 10.7. The molecule has 78 valence electrons. The van der Waals surface area contributed by atoms with Gasteiger partial charge in [-0.05, 0) is 15.9 Å². The van der Waals surface area contributed by atoms with E-state index < -0.39 is 17.5 Å². The maximum Gasteiger partial charge on any atom is 0.333 e. The summed E-state index contributed by atoms with van der Waals surface area (Å²) < 4.78 is 0.655. The van der Waals surface area contributed by atoms with Gasteiger partial charge in [-0.25, -0.2) is 4.79 Å². The lowest BCUT2D eigenvalue weighted by atomic mass is 9.83. The van der Waals surface area contributed by atoms with E-state index in [0.29, 0.717) is 10.2 Å². The molecule has 1 aromatic heterocycles. The number of carbonyl (C=O) groups is 1. The minimum atomic E-state index is -1.47. The van der Waals surface area contributed by atoms with E-state index in [1.165, 1.54) is 6.20 Å². The Balaban J connectivity index is 3.07. The first-order valence-corrected chi connectivity index (χ1v) is 4.77. The summed E-state index contributed by atoms with van der Waals surface area (Å²) in [7, 11) is 0. The number of H-pyrrole nitrogens is 1. The Morgan fingerprint density at radius 2 is 2.29 bits per heavy atom. The van der Waals surface area contributed by atoms with Gasteiger partial charge in [0.05, 0.1) is 16.4 Å². The Morgan fingerprint density at radius 3 is 2.64 bits per heavy atom. The van der Waals surface area contributed by atoms with Gasteiger partial charge in [-0.1, -0.05) is 13.8 Å². The molecule has 6 heteroatoms. The minimum Gasteiger partial charge on any atom is -0.479 e. The fourth-order valence-corrected chi connectivity index (χ4v) is 1.87. The van der Waals surface area contributed by atoms with E-state index in [4.69, 9.17) is 5.11 Å². The van der Waals surface area contributed by atoms with Crippen LogP contribution in [0.1, 0.15) is 19.5 Å². The quantitative estimate of drug-likeness (QED) is 0.756. The van der Waals surface area contributed by atoms with Crippen molar-refractivity contribution in [1.82, 2.24) is 10.2 Å². The largest absolute Gasteiger partial charge is 0.479 e. The highest BCUT2D eigenvalue weighted by atomic mass is 79.9. The Hall–Kier alpha value is -0.880. The molecule has 0 saturated heterocycles. The van der Waals surface area contributed by atoms with E-state index in [0.717, 1.165) is 0 Å². The first-order chi connectivity index (χ1) is 6.37. The normalized spacial score (nSPS) is 14.0. The van der Waals surface area contributed by atoms with E-state index in [1.807, 2.05) is 0 Å². The first-order valence-electron chi connectivity index (χ1n) is 3.97. The molecule has 1 aromatic rings. The SMILES string of the molecule is CC(C)(c1[nH]ncc1Br)C(O)C(=O)O. The van der Waals surface area contributed by atoms with E-state index in [1.54, 1.807) is 13.8 Å². The molecule has 0 spiro atoms. The average Bonchev–Trinajstić information content (AvgIpc) is 2.50. The monoisotopic (exact) mass is 262 g/mol. The molecular weight excluding hydrogens is 252 g/mol. The Morgan fingerprint density at radius 1 is 1.71 bits per heavy atom. The Bertz CT molecular complexity index is 348. The second kappa shape index (κ2) is 3.70. The number of hydrogen-bond donors (Lipinski definition) is 3. The van der Waals surface area contributed by atoms with Crippen LogP contribution < -0.4 is 0 Å². The molecule has 1 atom stereocenters. The number of carboxylic acid groups (broad SMARTS) is 1. The van der Waals surface area contributed by atoms with Crippen LogP contribution in [0.3, 0.4) is 0 Å². The van der Waals surface area contributed by atoms with Gasteiger partial charge in [-0.15, -0.1) is 0 Å². The highest BCUT2D eigenvalue weighted by Crippen LogP contribution is 2.31. The predicted molar refractivity (Wildman–Crippen MR) is 53.0 cm³/mol. The Kier molecular flexibility index (Phi) is 2.96. The molecule has 0 radical (unpaired) electrons. The number of halogens is 1. The highest BCUT2D eigenvalue weighted by molar-refractivity contribution is 9.10. The summed E-state index contributed by atoms with van der Waals surface area (Å²) in [6.07, 6.45) is 0.0466. The molecule has 0 amide bonds. The molecule has 3 N–H and O–H groups in total. The summed E-state index contributed by atoms with van der Waals surface area (Å²) >= 11 is 3.22. The van der Waals surface area contributed by atoms with Gasteiger partial charge in [0.25, 0.3) is 0 Å². The number of carboxylic acids is 1. The van der Waals surface area contributed by atoms with Crippen molar-refractivity contribution >= 4 is 21.9 Å². The van der Waals surface area contributed by atoms with Crippen LogP contribution in [0.25, 0.3) is 0 Å². The summed E-state index contributed by atoms with van der Waals surface area (Å²) in [5, 5.41) is 24.6. The molecule has 14 heavy (non-hydrogen) atoms. The van der Waals surface area contributed by atoms with Crippen LogP contribution >= 0.6 is 15.9 Å². The van der Waals surface area contributed by atoms with Gasteiger partial charge in [0.2, 0.25) is 0 Å². The first kappa shape index (κ1) is 11.2. The highest BCUT2D eigenvalue weighted by Gasteiger charge is 2.37. The van der Waals surface area contributed by atoms with Gasteiger partial charge in [0.15, 0.2) is 6.10 Å². The predicted octanol–water partition coefficient (Wildman–Crippen LogP) is 0.895. The smallest absolute Gasteiger partial charge is 0.333 e. The molecule has 0 aromatic carbocycles. The van der Waals surface area contributed by atoms with Gasteiger partial charge in [-0.3, -0.25) is 5.10 Å². The van der Waals surface area contributed by atoms with Crippen molar-refractivity contribution < 1.29 is 15.0 Å². The van der Waals surface area contributed by atoms with Crippen molar-refractivity contribution in [3.63, 3.8) is 0 Å². The summed E-state index contributed by atoms with van der Waals surface area (Å²) in [6, 6.07) is 0. The molecule has 1 rings (SSSR count). The minimum absolute atomic E-state index is 0.562. The number of hydrogen-bond acceptors (Lipinski definition) is 3. The van der Waals surface area contributed by atoms with Crippen molar-refractivity contribution in [1.29, 1.82) is 0 Å². The summed E-state index contributed by atoms with van der Waals surface area (Å²) in [6.45, 7) is 3.26. The zero-order valence-corrected chi connectivity index (χ0v) is 9.37. The topological polar surface area (TPSA) is 86.2 Å². The summed E-state index contributed by atoms with van der Waals surface area (Å²) in [5.41, 5.74) is -0.353. The number of aliphatic carboxylic acids is 1. The van der Waals surface area contributed by atoms with E-state index >= 15 is 0 Å². The number of aromatic nitrogens is 2. The van der Waals surface area contributed by atoms with E-state index in [9.17, 15) is 9.90 Å². The Labute approximate surface area is 89.3 Å². The van der Waals surface area contributed by atoms with Crippen LogP contribution in [0.5, 0.6) is 0 Å². The fourth-order valence-electron chi connectivity index (χ4n) is 1.17. The molecule has 1 heterocycles. The number of rotatable bonds is 3. The second-order valence-corrected chi connectivity index (χ2v) is 4.41. The number of nitrogens with zero attached hydrogens (tertiary/aromatic N) is 1. The van der Waals surface area contributed by atoms with Crippen LogP contribution in [0.15, 0.2) is 10.7 Å². The molecule has 0 bridgehead atoms. The number of aliphatic hydroxyl groups excluding tert-OH is 1. The second-order valence-electron chi connectivity index (χ2n) is 3.56. The van der Waals surface area contributed by atoms with Gasteiger partial charge >= 0.3 is 5.97 Å². The van der Waals surface area contributed by atoms with Gasteiger partial charge in [0.1, 0.15) is 0 Å². The molecule has 1 unspecified atom stereocenters. The zero-order chi connectivity index (χ0) is 10.9. The summed E-state index contributed by atoms with van der Waals surface area (Å²) in [5.74, 6) is -1.25. The van der Waals surface area contributed by atoms with E-state index in [-0.39, 0.29) is 0 Å². The third-order valence-corrected chi connectivity index (χ3v) is 2.76. The van der Waals surface area contributed by atoms with Crippen LogP contribution in [0.2, 0.25) is 0 Å². The third-order valence-electron chi connectivity index (χ3n) is 2.15. The molecule has 0 aliphatic heterocycles. The third kappa shape index (κ3) is 1.80.